The van der Waals surface area contributed by atoms with Crippen LogP contribution in [0.15, 0.2) is 72.8 Å². The van der Waals surface area contributed by atoms with Gasteiger partial charge in [-0.1, -0.05) is 6.07 Å². The van der Waals surface area contributed by atoms with Gasteiger partial charge in [0.2, 0.25) is 0 Å². The van der Waals surface area contributed by atoms with Gasteiger partial charge in [0, 0.05) is 28.7 Å². The highest BCUT2D eigenvalue weighted by molar-refractivity contribution is 5.81. The van der Waals surface area contributed by atoms with E-state index in [1.807, 2.05) is 70.2 Å². The maximum absolute atomic E-state index is 10.2. The van der Waals surface area contributed by atoms with E-state index in [0.29, 0.717) is 17.1 Å². The number of benzene rings is 4. The number of rotatable bonds is 5. The highest BCUT2D eigenvalue weighted by Gasteiger charge is 2.18. The summed E-state index contributed by atoms with van der Waals surface area (Å²) >= 11 is 0. The first-order valence-corrected chi connectivity index (χ1v) is 10.7. The Hall–Kier alpha value is -4.12. The molecular weight excluding hydrogens is 414 g/mol. The Bertz CT molecular complexity index is 1280. The van der Waals surface area contributed by atoms with Crippen molar-refractivity contribution in [3.05, 3.63) is 95.1 Å². The van der Waals surface area contributed by atoms with Gasteiger partial charge in [-0.25, -0.2) is 0 Å². The Balaban J connectivity index is 1.83. The van der Waals surface area contributed by atoms with E-state index in [1.165, 1.54) is 0 Å². The van der Waals surface area contributed by atoms with Gasteiger partial charge in [-0.2, -0.15) is 0 Å². The molecule has 3 N–H and O–H groups in total. The molecule has 0 spiro atoms. The van der Waals surface area contributed by atoms with Gasteiger partial charge in [-0.3, -0.25) is 0 Å². The van der Waals surface area contributed by atoms with Crippen molar-refractivity contribution < 1.29 is 20.1 Å². The Morgan fingerprint density at radius 2 is 1.27 bits per heavy atom. The summed E-state index contributed by atoms with van der Waals surface area (Å²) in [5.74, 6) is 1.81. The van der Waals surface area contributed by atoms with Gasteiger partial charge in [0.15, 0.2) is 0 Å². The predicted octanol–water partition coefficient (Wildman–Crippen LogP) is 7.30. The molecule has 0 bridgehead atoms. The molecule has 168 valence electrons. The molecular formula is C28H27NO4. The van der Waals surface area contributed by atoms with Crippen LogP contribution in [0.3, 0.4) is 0 Å². The molecule has 0 saturated carbocycles. The van der Waals surface area contributed by atoms with E-state index < -0.39 is 0 Å². The van der Waals surface area contributed by atoms with Gasteiger partial charge >= 0.3 is 0 Å². The van der Waals surface area contributed by atoms with Crippen LogP contribution >= 0.6 is 0 Å². The topological polar surface area (TPSA) is 73.2 Å². The highest BCUT2D eigenvalue weighted by Crippen LogP contribution is 2.41. The second-order valence-corrected chi connectivity index (χ2v) is 8.28. The van der Waals surface area contributed by atoms with Gasteiger partial charge in [0.1, 0.15) is 28.7 Å². The minimum Gasteiger partial charge on any atom is -0.508 e. The number of phenols is 3. The lowest BCUT2D eigenvalue weighted by atomic mass is 10.1. The standard InChI is InChI=1S/C28H27NO4/c1-17-12-27(32)20(4)28(13-17)33-24-7-5-6-21(16-24)29(25-10-8-22(30)14-18(25)2)26-11-9-23(31)15-19(26)3/h5-16,30-32H,1-4H3. The Morgan fingerprint density at radius 1 is 0.667 bits per heavy atom. The average molecular weight is 442 g/mol. The predicted molar refractivity (Wildman–Crippen MR) is 132 cm³/mol. The normalized spacial score (nSPS) is 10.8. The zero-order valence-corrected chi connectivity index (χ0v) is 19.1. The van der Waals surface area contributed by atoms with Crippen LogP contribution < -0.4 is 9.64 Å². The van der Waals surface area contributed by atoms with Gasteiger partial charge < -0.3 is 25.0 Å². The molecule has 0 heterocycles. The molecule has 5 nitrogen and oxygen atoms in total. The summed E-state index contributed by atoms with van der Waals surface area (Å²) in [7, 11) is 0. The van der Waals surface area contributed by atoms with Crippen molar-refractivity contribution in [2.24, 2.45) is 0 Å². The number of aryl methyl sites for hydroxylation is 3. The zero-order valence-electron chi connectivity index (χ0n) is 19.1. The molecule has 4 aromatic carbocycles. The van der Waals surface area contributed by atoms with E-state index in [-0.39, 0.29) is 17.2 Å². The van der Waals surface area contributed by atoms with Crippen LogP contribution in [0, 0.1) is 27.7 Å². The number of anilines is 3. The molecule has 0 atom stereocenters. The summed E-state index contributed by atoms with van der Waals surface area (Å²) in [4.78, 5) is 2.07. The molecule has 0 aromatic heterocycles. The molecule has 0 radical (unpaired) electrons. The fraction of sp³-hybridized carbons (Fsp3) is 0.143. The number of phenolic OH excluding ortho intramolecular Hbond substituents is 3. The molecule has 0 unspecified atom stereocenters. The Morgan fingerprint density at radius 3 is 1.85 bits per heavy atom. The molecule has 0 amide bonds. The SMILES string of the molecule is Cc1cc(O)c(C)c(Oc2cccc(N(c3ccc(O)cc3C)c3ccc(O)cc3C)c2)c1. The largest absolute Gasteiger partial charge is 0.508 e. The fourth-order valence-electron chi connectivity index (χ4n) is 3.91. The fourth-order valence-corrected chi connectivity index (χ4v) is 3.91. The Kier molecular flexibility index (Phi) is 5.88. The number of hydrogen-bond donors (Lipinski definition) is 3. The van der Waals surface area contributed by atoms with E-state index in [1.54, 1.807) is 30.3 Å². The third-order valence-corrected chi connectivity index (χ3v) is 5.62. The zero-order chi connectivity index (χ0) is 23.7. The molecule has 4 rings (SSSR count). The molecule has 0 aliphatic carbocycles. The van der Waals surface area contributed by atoms with Crippen LogP contribution in [0.4, 0.5) is 17.1 Å². The third kappa shape index (κ3) is 4.58. The van der Waals surface area contributed by atoms with Crippen molar-refractivity contribution >= 4 is 17.1 Å². The lowest BCUT2D eigenvalue weighted by Crippen LogP contribution is -2.12. The van der Waals surface area contributed by atoms with E-state index in [0.717, 1.165) is 33.8 Å². The monoisotopic (exact) mass is 441 g/mol. The maximum atomic E-state index is 10.2. The summed E-state index contributed by atoms with van der Waals surface area (Å²) in [5.41, 5.74) is 6.01. The number of ether oxygens (including phenoxy) is 1. The second kappa shape index (κ2) is 8.79. The quantitative estimate of drug-likeness (QED) is 0.303. The van der Waals surface area contributed by atoms with Crippen molar-refractivity contribution in [3.8, 4) is 28.7 Å². The van der Waals surface area contributed by atoms with Crippen molar-refractivity contribution in [1.29, 1.82) is 0 Å². The lowest BCUT2D eigenvalue weighted by molar-refractivity contribution is 0.447. The molecule has 0 aliphatic heterocycles. The van der Waals surface area contributed by atoms with Crippen LogP contribution in [0.5, 0.6) is 28.7 Å². The minimum atomic E-state index is 0.196. The minimum absolute atomic E-state index is 0.196. The number of aromatic hydroxyl groups is 3. The van der Waals surface area contributed by atoms with Crippen LogP contribution in [-0.4, -0.2) is 15.3 Å². The maximum Gasteiger partial charge on any atom is 0.134 e. The summed E-state index contributed by atoms with van der Waals surface area (Å²) in [6.07, 6.45) is 0. The van der Waals surface area contributed by atoms with Crippen molar-refractivity contribution in [3.63, 3.8) is 0 Å². The van der Waals surface area contributed by atoms with Crippen molar-refractivity contribution in [2.75, 3.05) is 4.90 Å². The van der Waals surface area contributed by atoms with Gasteiger partial charge in [0.05, 0.1) is 0 Å². The lowest BCUT2D eigenvalue weighted by Gasteiger charge is -2.29. The van der Waals surface area contributed by atoms with Crippen LogP contribution in [0.25, 0.3) is 0 Å². The van der Waals surface area contributed by atoms with Gasteiger partial charge in [-0.15, -0.1) is 0 Å². The first-order chi connectivity index (χ1) is 15.7. The van der Waals surface area contributed by atoms with Crippen LogP contribution in [0.1, 0.15) is 22.3 Å². The summed E-state index contributed by atoms with van der Waals surface area (Å²) in [6, 6.07) is 21.8. The third-order valence-electron chi connectivity index (χ3n) is 5.62. The molecule has 4 aromatic rings. The first kappa shape index (κ1) is 22.1. The molecule has 5 heteroatoms. The first-order valence-electron chi connectivity index (χ1n) is 10.7. The van der Waals surface area contributed by atoms with E-state index in [2.05, 4.69) is 4.90 Å². The van der Waals surface area contributed by atoms with Crippen LogP contribution in [-0.2, 0) is 0 Å². The van der Waals surface area contributed by atoms with Gasteiger partial charge in [0.25, 0.3) is 0 Å². The van der Waals surface area contributed by atoms with Crippen LogP contribution in [0.2, 0.25) is 0 Å². The number of hydrogen-bond acceptors (Lipinski definition) is 5. The van der Waals surface area contributed by atoms with Crippen molar-refractivity contribution in [1.82, 2.24) is 0 Å². The molecule has 0 aliphatic rings. The van der Waals surface area contributed by atoms with E-state index in [9.17, 15) is 15.3 Å². The highest BCUT2D eigenvalue weighted by atomic mass is 16.5. The summed E-state index contributed by atoms with van der Waals surface area (Å²) in [5, 5.41) is 30.1. The van der Waals surface area contributed by atoms with E-state index in [4.69, 9.17) is 4.74 Å². The summed E-state index contributed by atoms with van der Waals surface area (Å²) < 4.78 is 6.17. The average Bonchev–Trinajstić information content (AvgIpc) is 2.75. The van der Waals surface area contributed by atoms with E-state index >= 15 is 0 Å². The Labute approximate surface area is 193 Å². The molecule has 0 fully saturated rings. The van der Waals surface area contributed by atoms with Crippen molar-refractivity contribution in [2.45, 2.75) is 27.7 Å². The summed E-state index contributed by atoms with van der Waals surface area (Å²) in [6.45, 7) is 7.61. The number of nitrogens with zero attached hydrogens (tertiary/aromatic N) is 1. The molecule has 0 saturated heterocycles. The van der Waals surface area contributed by atoms with Gasteiger partial charge in [-0.05, 0) is 105 Å². The molecule has 33 heavy (non-hydrogen) atoms. The second-order valence-electron chi connectivity index (χ2n) is 8.28. The smallest absolute Gasteiger partial charge is 0.134 e.